The molecule has 0 unspecified atom stereocenters. The predicted molar refractivity (Wildman–Crippen MR) is 85.9 cm³/mol. The monoisotopic (exact) mass is 283 g/mol. The van der Waals surface area contributed by atoms with E-state index in [1.807, 2.05) is 37.3 Å². The molecule has 21 heavy (non-hydrogen) atoms. The number of benzene rings is 2. The van der Waals surface area contributed by atoms with Crippen molar-refractivity contribution < 1.29 is 9.90 Å². The largest absolute Gasteiger partial charge is 0.478 e. The molecule has 1 N–H and O–H groups in total. The molecule has 0 aromatic heterocycles. The van der Waals surface area contributed by atoms with Crippen LogP contribution in [-0.4, -0.2) is 17.1 Å². The van der Waals surface area contributed by atoms with Crippen molar-refractivity contribution in [2.24, 2.45) is 0 Å². The number of carboxylic acid groups (broad SMARTS) is 1. The standard InChI is InChI=1S/C18H21NO2/c1-13(2)19(12-15-7-5-4-6-8-15)17-10-9-14(3)11-16(17)18(20)21/h4-11,13H,12H2,1-3H3,(H,20,21). The van der Waals surface area contributed by atoms with E-state index in [2.05, 4.69) is 30.9 Å². The average Bonchev–Trinajstić information content (AvgIpc) is 2.46. The Hall–Kier alpha value is -2.29. The zero-order valence-corrected chi connectivity index (χ0v) is 12.7. The number of carbonyl (C=O) groups is 1. The second kappa shape index (κ2) is 6.44. The molecule has 0 aliphatic rings. The maximum atomic E-state index is 11.5. The first-order valence-corrected chi connectivity index (χ1v) is 7.13. The van der Waals surface area contributed by atoms with Crippen molar-refractivity contribution in [3.05, 3.63) is 65.2 Å². The molecule has 0 saturated heterocycles. The highest BCUT2D eigenvalue weighted by Crippen LogP contribution is 2.26. The quantitative estimate of drug-likeness (QED) is 0.897. The smallest absolute Gasteiger partial charge is 0.337 e. The van der Waals surface area contributed by atoms with Gasteiger partial charge in [-0.2, -0.15) is 0 Å². The van der Waals surface area contributed by atoms with Crippen LogP contribution in [0.25, 0.3) is 0 Å². The lowest BCUT2D eigenvalue weighted by molar-refractivity contribution is 0.0697. The topological polar surface area (TPSA) is 40.5 Å². The highest BCUT2D eigenvalue weighted by Gasteiger charge is 2.18. The first kappa shape index (κ1) is 15.1. The minimum absolute atomic E-state index is 0.214. The predicted octanol–water partition coefficient (Wildman–Crippen LogP) is 4.11. The third-order valence-electron chi connectivity index (χ3n) is 3.51. The van der Waals surface area contributed by atoms with E-state index in [1.165, 1.54) is 5.56 Å². The summed E-state index contributed by atoms with van der Waals surface area (Å²) in [5.41, 5.74) is 3.26. The Bertz CT molecular complexity index is 620. The van der Waals surface area contributed by atoms with Crippen molar-refractivity contribution in [3.63, 3.8) is 0 Å². The zero-order valence-electron chi connectivity index (χ0n) is 12.7. The Morgan fingerprint density at radius 3 is 2.38 bits per heavy atom. The van der Waals surface area contributed by atoms with Gasteiger partial charge in [-0.1, -0.05) is 42.0 Å². The van der Waals surface area contributed by atoms with Gasteiger partial charge in [-0.15, -0.1) is 0 Å². The SMILES string of the molecule is Cc1ccc(N(Cc2ccccc2)C(C)C)c(C(=O)O)c1. The molecule has 2 aromatic carbocycles. The molecule has 0 spiro atoms. The second-order valence-electron chi connectivity index (χ2n) is 5.53. The second-order valence-corrected chi connectivity index (χ2v) is 5.53. The van der Waals surface area contributed by atoms with Crippen molar-refractivity contribution in [1.29, 1.82) is 0 Å². The molecule has 2 aromatic rings. The Kier molecular flexibility index (Phi) is 4.63. The van der Waals surface area contributed by atoms with Crippen molar-refractivity contribution in [1.82, 2.24) is 0 Å². The Morgan fingerprint density at radius 1 is 1.14 bits per heavy atom. The first-order valence-electron chi connectivity index (χ1n) is 7.13. The molecule has 0 heterocycles. The maximum Gasteiger partial charge on any atom is 0.337 e. The fourth-order valence-electron chi connectivity index (χ4n) is 2.40. The van der Waals surface area contributed by atoms with E-state index in [0.29, 0.717) is 12.1 Å². The van der Waals surface area contributed by atoms with Gasteiger partial charge in [0.15, 0.2) is 0 Å². The summed E-state index contributed by atoms with van der Waals surface area (Å²) in [5, 5.41) is 9.46. The number of nitrogens with zero attached hydrogens (tertiary/aromatic N) is 1. The highest BCUT2D eigenvalue weighted by molar-refractivity contribution is 5.94. The minimum atomic E-state index is -0.882. The van der Waals surface area contributed by atoms with Crippen LogP contribution in [0.4, 0.5) is 5.69 Å². The van der Waals surface area contributed by atoms with Crippen molar-refractivity contribution >= 4 is 11.7 Å². The van der Waals surface area contributed by atoms with E-state index in [0.717, 1.165) is 11.3 Å². The van der Waals surface area contributed by atoms with Gasteiger partial charge in [0.2, 0.25) is 0 Å². The summed E-state index contributed by atoms with van der Waals surface area (Å²) in [7, 11) is 0. The molecule has 110 valence electrons. The highest BCUT2D eigenvalue weighted by atomic mass is 16.4. The number of anilines is 1. The third kappa shape index (κ3) is 3.63. The van der Waals surface area contributed by atoms with E-state index in [4.69, 9.17) is 0 Å². The normalized spacial score (nSPS) is 10.7. The molecular formula is C18H21NO2. The van der Waals surface area contributed by atoms with Crippen LogP contribution in [0.1, 0.15) is 35.3 Å². The van der Waals surface area contributed by atoms with Crippen LogP contribution in [0.15, 0.2) is 48.5 Å². The molecule has 0 radical (unpaired) electrons. The Labute approximate surface area is 125 Å². The number of rotatable bonds is 5. The van der Waals surface area contributed by atoms with Crippen LogP contribution in [0.2, 0.25) is 0 Å². The fraction of sp³-hybridized carbons (Fsp3) is 0.278. The maximum absolute atomic E-state index is 11.5. The van der Waals surface area contributed by atoms with Crippen LogP contribution in [0.5, 0.6) is 0 Å². The summed E-state index contributed by atoms with van der Waals surface area (Å²) >= 11 is 0. The number of hydrogen-bond donors (Lipinski definition) is 1. The number of aryl methyl sites for hydroxylation is 1. The lowest BCUT2D eigenvalue weighted by Gasteiger charge is -2.30. The summed E-state index contributed by atoms with van der Waals surface area (Å²) in [4.78, 5) is 13.7. The summed E-state index contributed by atoms with van der Waals surface area (Å²) in [5.74, 6) is -0.882. The number of aromatic carboxylic acids is 1. The van der Waals surface area contributed by atoms with Gasteiger partial charge in [0.25, 0.3) is 0 Å². The van der Waals surface area contributed by atoms with Crippen LogP contribution in [-0.2, 0) is 6.54 Å². The van der Waals surface area contributed by atoms with Crippen LogP contribution in [0, 0.1) is 6.92 Å². The summed E-state index contributed by atoms with van der Waals surface area (Å²) in [6.45, 7) is 6.76. The van der Waals surface area contributed by atoms with Gasteiger partial charge in [0.1, 0.15) is 0 Å². The molecule has 0 aliphatic carbocycles. The van der Waals surface area contributed by atoms with Crippen molar-refractivity contribution in [3.8, 4) is 0 Å². The zero-order chi connectivity index (χ0) is 15.4. The van der Waals surface area contributed by atoms with Gasteiger partial charge in [0, 0.05) is 12.6 Å². The molecule has 0 saturated carbocycles. The molecular weight excluding hydrogens is 262 g/mol. The summed E-state index contributed by atoms with van der Waals surface area (Å²) in [6, 6.07) is 15.9. The van der Waals surface area contributed by atoms with Gasteiger partial charge in [-0.3, -0.25) is 0 Å². The summed E-state index contributed by atoms with van der Waals surface area (Å²) < 4.78 is 0. The van der Waals surface area contributed by atoms with Gasteiger partial charge >= 0.3 is 5.97 Å². The van der Waals surface area contributed by atoms with E-state index in [1.54, 1.807) is 6.07 Å². The molecule has 0 fully saturated rings. The van der Waals surface area contributed by atoms with E-state index in [9.17, 15) is 9.90 Å². The van der Waals surface area contributed by atoms with Crippen molar-refractivity contribution in [2.75, 3.05) is 4.90 Å². The van der Waals surface area contributed by atoms with Gasteiger partial charge in [-0.05, 0) is 38.5 Å². The van der Waals surface area contributed by atoms with E-state index < -0.39 is 5.97 Å². The van der Waals surface area contributed by atoms with Gasteiger partial charge in [0.05, 0.1) is 11.3 Å². The van der Waals surface area contributed by atoms with Crippen LogP contribution in [0.3, 0.4) is 0 Å². The molecule has 0 amide bonds. The number of carboxylic acids is 1. The van der Waals surface area contributed by atoms with E-state index in [-0.39, 0.29) is 6.04 Å². The third-order valence-corrected chi connectivity index (χ3v) is 3.51. The average molecular weight is 283 g/mol. The van der Waals surface area contributed by atoms with Crippen LogP contribution >= 0.6 is 0 Å². The lowest BCUT2D eigenvalue weighted by Crippen LogP contribution is -2.31. The minimum Gasteiger partial charge on any atom is -0.478 e. The van der Waals surface area contributed by atoms with Crippen molar-refractivity contribution in [2.45, 2.75) is 33.4 Å². The Balaban J connectivity index is 2.41. The molecule has 3 nitrogen and oxygen atoms in total. The molecule has 2 rings (SSSR count). The molecule has 0 aliphatic heterocycles. The fourth-order valence-corrected chi connectivity index (χ4v) is 2.40. The molecule has 0 bridgehead atoms. The summed E-state index contributed by atoms with van der Waals surface area (Å²) in [6.07, 6.45) is 0. The van der Waals surface area contributed by atoms with Gasteiger partial charge in [-0.25, -0.2) is 4.79 Å². The Morgan fingerprint density at radius 2 is 1.81 bits per heavy atom. The first-order chi connectivity index (χ1) is 9.99. The lowest BCUT2D eigenvalue weighted by atomic mass is 10.1. The molecule has 0 atom stereocenters. The number of hydrogen-bond acceptors (Lipinski definition) is 2. The van der Waals surface area contributed by atoms with E-state index >= 15 is 0 Å². The molecule has 3 heteroatoms. The van der Waals surface area contributed by atoms with Gasteiger partial charge < -0.3 is 10.0 Å². The van der Waals surface area contributed by atoms with Crippen LogP contribution < -0.4 is 4.90 Å².